The fourth-order valence-corrected chi connectivity index (χ4v) is 3.14. The van der Waals surface area contributed by atoms with Crippen LogP contribution in [0.15, 0.2) is 59.0 Å². The Morgan fingerprint density at radius 3 is 2.09 bits per heavy atom. The van der Waals surface area contributed by atoms with Crippen molar-refractivity contribution in [2.24, 2.45) is 0 Å². The first-order chi connectivity index (χ1) is 15.9. The normalized spacial score (nSPS) is 10.4. The molecule has 33 heavy (non-hydrogen) atoms. The minimum absolute atomic E-state index is 0.0509. The number of esters is 2. The molecule has 0 spiro atoms. The molecule has 0 bridgehead atoms. The fraction of sp³-hybridized carbons (Fsp3) is 0.240. The Kier molecular flexibility index (Phi) is 7.86. The highest BCUT2D eigenvalue weighted by atomic mass is 16.5. The second-order valence-electron chi connectivity index (χ2n) is 7.18. The van der Waals surface area contributed by atoms with Crippen molar-refractivity contribution in [2.75, 3.05) is 19.5 Å². The summed E-state index contributed by atoms with van der Waals surface area (Å²) in [6.45, 7) is 2.29. The van der Waals surface area contributed by atoms with Gasteiger partial charge in [0.1, 0.15) is 18.1 Å². The predicted molar refractivity (Wildman–Crippen MR) is 121 cm³/mol. The molecule has 0 saturated carbocycles. The lowest BCUT2D eigenvalue weighted by molar-refractivity contribution is 0.0599. The van der Waals surface area contributed by atoms with Gasteiger partial charge in [-0.25, -0.2) is 9.59 Å². The molecule has 0 radical (unpaired) electrons. The van der Waals surface area contributed by atoms with Crippen molar-refractivity contribution in [3.8, 4) is 5.75 Å². The molecule has 0 aliphatic heterocycles. The molecule has 1 aromatic heterocycles. The summed E-state index contributed by atoms with van der Waals surface area (Å²) in [6.07, 6.45) is 2.09. The zero-order chi connectivity index (χ0) is 23.8. The van der Waals surface area contributed by atoms with Crippen molar-refractivity contribution in [1.82, 2.24) is 0 Å². The number of furan rings is 1. The summed E-state index contributed by atoms with van der Waals surface area (Å²) in [4.78, 5) is 36.4. The zero-order valence-electron chi connectivity index (χ0n) is 18.7. The average Bonchev–Trinajstić information content (AvgIpc) is 3.32. The van der Waals surface area contributed by atoms with Crippen LogP contribution in [0, 0.1) is 0 Å². The molecule has 172 valence electrons. The van der Waals surface area contributed by atoms with Crippen molar-refractivity contribution < 1.29 is 33.0 Å². The topological polar surface area (TPSA) is 104 Å². The molecule has 2 aromatic carbocycles. The number of methoxy groups -OCH3 is 2. The van der Waals surface area contributed by atoms with Crippen LogP contribution in [0.1, 0.15) is 55.9 Å². The number of aryl methyl sites for hydroxylation is 1. The van der Waals surface area contributed by atoms with Crippen molar-refractivity contribution in [3.63, 3.8) is 0 Å². The van der Waals surface area contributed by atoms with Gasteiger partial charge in [-0.3, -0.25) is 4.79 Å². The van der Waals surface area contributed by atoms with Crippen LogP contribution in [0.5, 0.6) is 5.75 Å². The number of ether oxygens (including phenoxy) is 3. The van der Waals surface area contributed by atoms with E-state index in [2.05, 4.69) is 12.2 Å². The van der Waals surface area contributed by atoms with Gasteiger partial charge < -0.3 is 23.9 Å². The molecule has 0 unspecified atom stereocenters. The second-order valence-corrected chi connectivity index (χ2v) is 7.18. The van der Waals surface area contributed by atoms with Crippen LogP contribution in [0.25, 0.3) is 0 Å². The molecule has 8 nitrogen and oxygen atoms in total. The van der Waals surface area contributed by atoms with Gasteiger partial charge in [-0.15, -0.1) is 0 Å². The van der Waals surface area contributed by atoms with Gasteiger partial charge in [0.05, 0.1) is 25.3 Å². The van der Waals surface area contributed by atoms with Gasteiger partial charge in [0.15, 0.2) is 5.76 Å². The van der Waals surface area contributed by atoms with E-state index in [0.29, 0.717) is 11.5 Å². The Morgan fingerprint density at radius 2 is 1.52 bits per heavy atom. The molecule has 0 saturated heterocycles. The Labute approximate surface area is 191 Å². The third kappa shape index (κ3) is 6.22. The van der Waals surface area contributed by atoms with Gasteiger partial charge in [0.2, 0.25) is 0 Å². The van der Waals surface area contributed by atoms with E-state index in [0.717, 1.165) is 12.8 Å². The summed E-state index contributed by atoms with van der Waals surface area (Å²) >= 11 is 0. The predicted octanol–water partition coefficient (Wildman–Crippen LogP) is 4.64. The lowest BCUT2D eigenvalue weighted by Gasteiger charge is -2.09. The number of carbonyl (C=O) groups is 3. The number of carbonyl (C=O) groups excluding carboxylic acids is 3. The minimum Gasteiger partial charge on any atom is -0.486 e. The summed E-state index contributed by atoms with van der Waals surface area (Å²) < 4.78 is 20.7. The van der Waals surface area contributed by atoms with Crippen molar-refractivity contribution in [3.05, 3.63) is 82.8 Å². The van der Waals surface area contributed by atoms with E-state index < -0.39 is 17.8 Å². The quantitative estimate of drug-likeness (QED) is 0.473. The summed E-state index contributed by atoms with van der Waals surface area (Å²) in [7, 11) is 2.44. The van der Waals surface area contributed by atoms with Crippen LogP contribution in [-0.2, 0) is 22.5 Å². The van der Waals surface area contributed by atoms with Gasteiger partial charge in [-0.1, -0.05) is 25.5 Å². The van der Waals surface area contributed by atoms with Crippen LogP contribution in [-0.4, -0.2) is 32.1 Å². The lowest BCUT2D eigenvalue weighted by atomic mass is 10.1. The maximum atomic E-state index is 12.6. The van der Waals surface area contributed by atoms with E-state index in [4.69, 9.17) is 18.6 Å². The maximum absolute atomic E-state index is 12.6. The van der Waals surface area contributed by atoms with Crippen molar-refractivity contribution >= 4 is 23.5 Å². The first-order valence-corrected chi connectivity index (χ1v) is 10.4. The molecule has 1 N–H and O–H groups in total. The number of amides is 1. The van der Waals surface area contributed by atoms with E-state index in [-0.39, 0.29) is 29.2 Å². The van der Waals surface area contributed by atoms with Gasteiger partial charge >= 0.3 is 11.9 Å². The molecular formula is C25H25NO7. The van der Waals surface area contributed by atoms with E-state index >= 15 is 0 Å². The zero-order valence-corrected chi connectivity index (χ0v) is 18.7. The fourth-order valence-electron chi connectivity index (χ4n) is 3.14. The molecule has 1 heterocycles. The van der Waals surface area contributed by atoms with Crippen LogP contribution in [0.2, 0.25) is 0 Å². The molecule has 3 rings (SSSR count). The van der Waals surface area contributed by atoms with E-state index in [1.807, 2.05) is 24.3 Å². The molecule has 8 heteroatoms. The van der Waals surface area contributed by atoms with Gasteiger partial charge in [-0.2, -0.15) is 0 Å². The number of nitrogens with one attached hydrogen (secondary N) is 1. The SMILES string of the molecule is CCCc1ccc(OCc2ccc(C(=O)Nc3cc(C(=O)OC)cc(C(=O)OC)c3)o2)cc1. The highest BCUT2D eigenvalue weighted by Crippen LogP contribution is 2.20. The summed E-state index contributed by atoms with van der Waals surface area (Å²) in [5, 5.41) is 2.61. The summed E-state index contributed by atoms with van der Waals surface area (Å²) in [5.41, 5.74) is 1.64. The highest BCUT2D eigenvalue weighted by Gasteiger charge is 2.17. The number of hydrogen-bond donors (Lipinski definition) is 1. The van der Waals surface area contributed by atoms with Gasteiger partial charge in [0.25, 0.3) is 5.91 Å². The number of benzene rings is 2. The third-order valence-electron chi connectivity index (χ3n) is 4.76. The first kappa shape index (κ1) is 23.6. The van der Waals surface area contributed by atoms with Crippen molar-refractivity contribution in [1.29, 1.82) is 0 Å². The Morgan fingerprint density at radius 1 is 0.879 bits per heavy atom. The molecular weight excluding hydrogens is 426 g/mol. The van der Waals surface area contributed by atoms with E-state index in [9.17, 15) is 14.4 Å². The van der Waals surface area contributed by atoms with Crippen LogP contribution >= 0.6 is 0 Å². The van der Waals surface area contributed by atoms with Gasteiger partial charge in [0, 0.05) is 5.69 Å². The number of hydrogen-bond acceptors (Lipinski definition) is 7. The van der Waals surface area contributed by atoms with E-state index in [1.165, 1.54) is 44.0 Å². The summed E-state index contributed by atoms with van der Waals surface area (Å²) in [5.74, 6) is -0.644. The third-order valence-corrected chi connectivity index (χ3v) is 4.76. The monoisotopic (exact) mass is 451 g/mol. The van der Waals surface area contributed by atoms with Gasteiger partial charge in [-0.05, 0) is 54.4 Å². The molecule has 0 fully saturated rings. The molecule has 0 aliphatic rings. The number of anilines is 1. The van der Waals surface area contributed by atoms with Crippen LogP contribution < -0.4 is 10.1 Å². The molecule has 3 aromatic rings. The Bertz CT molecular complexity index is 1100. The molecule has 0 aliphatic carbocycles. The summed E-state index contributed by atoms with van der Waals surface area (Å²) in [6, 6.07) is 15.1. The first-order valence-electron chi connectivity index (χ1n) is 10.4. The molecule has 1 amide bonds. The highest BCUT2D eigenvalue weighted by molar-refractivity contribution is 6.04. The lowest BCUT2D eigenvalue weighted by Crippen LogP contribution is -2.13. The maximum Gasteiger partial charge on any atom is 0.337 e. The number of rotatable bonds is 9. The smallest absolute Gasteiger partial charge is 0.337 e. The largest absolute Gasteiger partial charge is 0.486 e. The molecule has 0 atom stereocenters. The Balaban J connectivity index is 1.67. The van der Waals surface area contributed by atoms with Crippen LogP contribution in [0.4, 0.5) is 5.69 Å². The second kappa shape index (κ2) is 11.0. The minimum atomic E-state index is -0.656. The van der Waals surface area contributed by atoms with E-state index in [1.54, 1.807) is 6.07 Å². The van der Waals surface area contributed by atoms with Crippen LogP contribution in [0.3, 0.4) is 0 Å². The van der Waals surface area contributed by atoms with Crippen molar-refractivity contribution in [2.45, 2.75) is 26.4 Å². The average molecular weight is 451 g/mol. The standard InChI is InChI=1S/C25H25NO7/c1-4-5-16-6-8-20(9-7-16)32-15-21-10-11-22(33-21)23(27)26-19-13-17(24(28)30-2)12-18(14-19)25(29)31-3/h6-14H,4-5,15H2,1-3H3,(H,26,27). The Hall–Kier alpha value is -4.07.